The van der Waals surface area contributed by atoms with Crippen LogP contribution in [0.3, 0.4) is 0 Å². The molecule has 1 aromatic rings. The standard InChI is InChI=1S/C15H24N4O2/c1-4-9-19(13-8-6-7-12(16)10-13)11(3)14(20)18-15(21)17-5-2/h6-8,10-11H,4-5,9,16H2,1-3H3,(H2,17,18,20,21). The lowest BCUT2D eigenvalue weighted by Crippen LogP contribution is -2.50. The number of nitrogens with one attached hydrogen (secondary N) is 2. The summed E-state index contributed by atoms with van der Waals surface area (Å²) in [5.74, 6) is -0.336. The van der Waals surface area contributed by atoms with E-state index in [0.29, 0.717) is 18.8 Å². The second-order valence-corrected chi connectivity index (χ2v) is 4.81. The quantitative estimate of drug-likeness (QED) is 0.697. The Labute approximate surface area is 125 Å². The molecule has 0 saturated heterocycles. The highest BCUT2D eigenvalue weighted by atomic mass is 16.2. The number of anilines is 2. The molecule has 0 radical (unpaired) electrons. The van der Waals surface area contributed by atoms with Crippen LogP contribution >= 0.6 is 0 Å². The molecule has 0 bridgehead atoms. The molecule has 6 nitrogen and oxygen atoms in total. The molecular formula is C15H24N4O2. The average molecular weight is 292 g/mol. The van der Waals surface area contributed by atoms with E-state index in [2.05, 4.69) is 10.6 Å². The summed E-state index contributed by atoms with van der Waals surface area (Å²) in [6.45, 7) is 6.78. The molecule has 0 heterocycles. The third-order valence-corrected chi connectivity index (χ3v) is 3.09. The second-order valence-electron chi connectivity index (χ2n) is 4.81. The van der Waals surface area contributed by atoms with E-state index < -0.39 is 12.1 Å². The Balaban J connectivity index is 2.84. The zero-order chi connectivity index (χ0) is 15.8. The number of amides is 3. The fourth-order valence-electron chi connectivity index (χ4n) is 2.05. The number of nitrogens with two attached hydrogens (primary N) is 1. The Morgan fingerprint density at radius 2 is 2.05 bits per heavy atom. The number of nitrogen functional groups attached to an aromatic ring is 1. The molecule has 1 unspecified atom stereocenters. The predicted molar refractivity (Wildman–Crippen MR) is 85.2 cm³/mol. The van der Waals surface area contributed by atoms with Gasteiger partial charge in [-0.25, -0.2) is 4.79 Å². The molecule has 4 N–H and O–H groups in total. The lowest BCUT2D eigenvalue weighted by molar-refractivity contribution is -0.121. The number of benzene rings is 1. The number of imide groups is 1. The van der Waals surface area contributed by atoms with E-state index in [-0.39, 0.29) is 5.91 Å². The number of rotatable bonds is 6. The van der Waals surface area contributed by atoms with Crippen molar-refractivity contribution in [1.29, 1.82) is 0 Å². The van der Waals surface area contributed by atoms with Crippen molar-refractivity contribution in [3.05, 3.63) is 24.3 Å². The van der Waals surface area contributed by atoms with Gasteiger partial charge >= 0.3 is 6.03 Å². The lowest BCUT2D eigenvalue weighted by atomic mass is 10.2. The maximum atomic E-state index is 12.2. The van der Waals surface area contributed by atoms with Gasteiger partial charge in [-0.05, 0) is 38.5 Å². The van der Waals surface area contributed by atoms with Gasteiger partial charge in [0, 0.05) is 24.5 Å². The van der Waals surface area contributed by atoms with Gasteiger partial charge in [-0.15, -0.1) is 0 Å². The van der Waals surface area contributed by atoms with Crippen LogP contribution in [0.2, 0.25) is 0 Å². The van der Waals surface area contributed by atoms with Gasteiger partial charge in [-0.1, -0.05) is 13.0 Å². The van der Waals surface area contributed by atoms with Crippen molar-refractivity contribution in [2.45, 2.75) is 33.2 Å². The normalized spacial score (nSPS) is 11.6. The van der Waals surface area contributed by atoms with Gasteiger partial charge in [0.25, 0.3) is 0 Å². The molecule has 116 valence electrons. The molecule has 0 saturated carbocycles. The Bertz CT molecular complexity index is 490. The van der Waals surface area contributed by atoms with Crippen molar-refractivity contribution in [2.75, 3.05) is 23.7 Å². The molecule has 0 aliphatic carbocycles. The third-order valence-electron chi connectivity index (χ3n) is 3.09. The molecule has 6 heteroatoms. The summed E-state index contributed by atoms with van der Waals surface area (Å²) in [6, 6.07) is 6.44. The highest BCUT2D eigenvalue weighted by molar-refractivity contribution is 5.98. The Morgan fingerprint density at radius 1 is 1.33 bits per heavy atom. The maximum absolute atomic E-state index is 12.2. The molecule has 0 fully saturated rings. The fraction of sp³-hybridized carbons (Fsp3) is 0.467. The van der Waals surface area contributed by atoms with E-state index in [1.165, 1.54) is 0 Å². The first-order chi connectivity index (χ1) is 9.99. The van der Waals surface area contributed by atoms with Crippen LogP contribution in [-0.2, 0) is 4.79 Å². The van der Waals surface area contributed by atoms with Gasteiger partial charge < -0.3 is 16.0 Å². The van der Waals surface area contributed by atoms with E-state index in [4.69, 9.17) is 5.73 Å². The second kappa shape index (κ2) is 8.14. The van der Waals surface area contributed by atoms with Crippen molar-refractivity contribution < 1.29 is 9.59 Å². The summed E-state index contributed by atoms with van der Waals surface area (Å²) in [7, 11) is 0. The van der Waals surface area contributed by atoms with Crippen LogP contribution in [0.15, 0.2) is 24.3 Å². The monoisotopic (exact) mass is 292 g/mol. The topological polar surface area (TPSA) is 87.5 Å². The van der Waals surface area contributed by atoms with Crippen LogP contribution in [0.25, 0.3) is 0 Å². The third kappa shape index (κ3) is 4.98. The van der Waals surface area contributed by atoms with E-state index in [0.717, 1.165) is 12.1 Å². The van der Waals surface area contributed by atoms with E-state index >= 15 is 0 Å². The molecule has 0 aliphatic rings. The minimum Gasteiger partial charge on any atom is -0.399 e. The molecule has 0 aromatic heterocycles. The molecule has 1 aromatic carbocycles. The summed E-state index contributed by atoms with van der Waals surface area (Å²) in [4.78, 5) is 25.5. The molecule has 21 heavy (non-hydrogen) atoms. The van der Waals surface area contributed by atoms with Crippen molar-refractivity contribution >= 4 is 23.3 Å². The van der Waals surface area contributed by atoms with Crippen molar-refractivity contribution in [1.82, 2.24) is 10.6 Å². The van der Waals surface area contributed by atoms with Crippen LogP contribution in [0.1, 0.15) is 27.2 Å². The fourth-order valence-corrected chi connectivity index (χ4v) is 2.05. The number of hydrogen-bond acceptors (Lipinski definition) is 4. The summed E-state index contributed by atoms with van der Waals surface area (Å²) >= 11 is 0. The number of urea groups is 1. The van der Waals surface area contributed by atoms with Gasteiger partial charge in [0.1, 0.15) is 6.04 Å². The zero-order valence-corrected chi connectivity index (χ0v) is 12.8. The molecule has 0 spiro atoms. The molecule has 1 atom stereocenters. The first-order valence-corrected chi connectivity index (χ1v) is 7.20. The van der Waals surface area contributed by atoms with Crippen LogP contribution in [-0.4, -0.2) is 31.1 Å². The number of hydrogen-bond donors (Lipinski definition) is 3. The van der Waals surface area contributed by atoms with E-state index in [9.17, 15) is 9.59 Å². The summed E-state index contributed by atoms with van der Waals surface area (Å²) in [5.41, 5.74) is 7.31. The van der Waals surface area contributed by atoms with Crippen molar-refractivity contribution in [3.8, 4) is 0 Å². The smallest absolute Gasteiger partial charge is 0.321 e. The van der Waals surface area contributed by atoms with Crippen molar-refractivity contribution in [2.24, 2.45) is 0 Å². The summed E-state index contributed by atoms with van der Waals surface area (Å²) < 4.78 is 0. The largest absolute Gasteiger partial charge is 0.399 e. The Kier molecular flexibility index (Phi) is 6.52. The predicted octanol–water partition coefficient (Wildman–Crippen LogP) is 1.72. The zero-order valence-electron chi connectivity index (χ0n) is 12.8. The highest BCUT2D eigenvalue weighted by Crippen LogP contribution is 2.20. The Morgan fingerprint density at radius 3 is 2.62 bits per heavy atom. The Hall–Kier alpha value is -2.24. The van der Waals surface area contributed by atoms with Gasteiger partial charge in [0.2, 0.25) is 5.91 Å². The SMILES string of the molecule is CCCN(c1cccc(N)c1)C(C)C(=O)NC(=O)NCC. The van der Waals surface area contributed by atoms with Crippen molar-refractivity contribution in [3.63, 3.8) is 0 Å². The minimum atomic E-state index is -0.474. The minimum absolute atomic E-state index is 0.336. The van der Waals surface area contributed by atoms with Gasteiger partial charge in [0.15, 0.2) is 0 Å². The first-order valence-electron chi connectivity index (χ1n) is 7.20. The number of carbonyl (C=O) groups excluding carboxylic acids is 2. The van der Waals surface area contributed by atoms with E-state index in [1.54, 1.807) is 19.9 Å². The number of carbonyl (C=O) groups is 2. The highest BCUT2D eigenvalue weighted by Gasteiger charge is 2.22. The van der Waals surface area contributed by atoms with Crippen LogP contribution in [0.5, 0.6) is 0 Å². The molecule has 3 amide bonds. The van der Waals surface area contributed by atoms with Gasteiger partial charge in [-0.3, -0.25) is 10.1 Å². The van der Waals surface area contributed by atoms with Crippen LogP contribution in [0.4, 0.5) is 16.2 Å². The summed E-state index contributed by atoms with van der Waals surface area (Å²) in [5, 5.41) is 4.88. The molecular weight excluding hydrogens is 268 g/mol. The van der Waals surface area contributed by atoms with Gasteiger partial charge in [0.05, 0.1) is 0 Å². The van der Waals surface area contributed by atoms with E-state index in [1.807, 2.05) is 30.0 Å². The lowest BCUT2D eigenvalue weighted by Gasteiger charge is -2.30. The summed E-state index contributed by atoms with van der Waals surface area (Å²) in [6.07, 6.45) is 0.883. The maximum Gasteiger partial charge on any atom is 0.321 e. The van der Waals surface area contributed by atoms with Crippen LogP contribution in [0, 0.1) is 0 Å². The van der Waals surface area contributed by atoms with Gasteiger partial charge in [-0.2, -0.15) is 0 Å². The molecule has 0 aliphatic heterocycles. The van der Waals surface area contributed by atoms with Crippen LogP contribution < -0.4 is 21.3 Å². The molecule has 1 rings (SSSR count). The number of nitrogens with zero attached hydrogens (tertiary/aromatic N) is 1. The first kappa shape index (κ1) is 16.8. The average Bonchev–Trinajstić information content (AvgIpc) is 2.44.